The van der Waals surface area contributed by atoms with E-state index < -0.39 is 0 Å². The molecule has 1 aliphatic heterocycles. The van der Waals surface area contributed by atoms with Crippen LogP contribution >= 0.6 is 15.9 Å². The van der Waals surface area contributed by atoms with Crippen molar-refractivity contribution in [3.63, 3.8) is 0 Å². The Bertz CT molecular complexity index is 313. The van der Waals surface area contributed by atoms with Crippen molar-refractivity contribution in [2.24, 2.45) is 5.92 Å². The predicted octanol–water partition coefficient (Wildman–Crippen LogP) is 2.22. The molecule has 0 aliphatic carbocycles. The standard InChI is InChI=1S/C11H15BrN2O/c12-10-4-1-5-11(14-10)15-8-9-3-2-6-13-7-9/h1,4-5,9,13H,2-3,6-8H2/t9-/m1/s1. The third-order valence-electron chi connectivity index (χ3n) is 2.56. The second kappa shape index (κ2) is 5.47. The molecule has 2 rings (SSSR count). The number of piperidine rings is 1. The maximum atomic E-state index is 5.65. The van der Waals surface area contributed by atoms with Crippen LogP contribution in [0.1, 0.15) is 12.8 Å². The van der Waals surface area contributed by atoms with E-state index in [4.69, 9.17) is 4.74 Å². The lowest BCUT2D eigenvalue weighted by atomic mass is 10.0. The van der Waals surface area contributed by atoms with E-state index in [1.54, 1.807) is 0 Å². The van der Waals surface area contributed by atoms with Crippen molar-refractivity contribution in [1.29, 1.82) is 0 Å². The second-order valence-electron chi connectivity index (χ2n) is 3.82. The Labute approximate surface area is 98.4 Å². The molecule has 15 heavy (non-hydrogen) atoms. The lowest BCUT2D eigenvalue weighted by Gasteiger charge is -2.22. The number of aromatic nitrogens is 1. The van der Waals surface area contributed by atoms with Gasteiger partial charge in [-0.1, -0.05) is 6.07 Å². The van der Waals surface area contributed by atoms with E-state index >= 15 is 0 Å². The minimum atomic E-state index is 0.625. The van der Waals surface area contributed by atoms with Crippen LogP contribution in [-0.4, -0.2) is 24.7 Å². The van der Waals surface area contributed by atoms with E-state index in [0.717, 1.165) is 24.3 Å². The van der Waals surface area contributed by atoms with Crippen LogP contribution in [0.3, 0.4) is 0 Å². The van der Waals surface area contributed by atoms with Gasteiger partial charge in [-0.05, 0) is 41.4 Å². The van der Waals surface area contributed by atoms with Gasteiger partial charge in [-0.3, -0.25) is 0 Å². The molecule has 82 valence electrons. The van der Waals surface area contributed by atoms with Crippen molar-refractivity contribution in [3.8, 4) is 5.88 Å². The summed E-state index contributed by atoms with van der Waals surface area (Å²) in [6, 6.07) is 5.72. The first-order chi connectivity index (χ1) is 7.34. The highest BCUT2D eigenvalue weighted by Gasteiger charge is 2.13. The zero-order valence-corrected chi connectivity index (χ0v) is 10.2. The summed E-state index contributed by atoms with van der Waals surface area (Å²) >= 11 is 3.32. The van der Waals surface area contributed by atoms with E-state index in [-0.39, 0.29) is 0 Å². The molecule has 4 heteroatoms. The highest BCUT2D eigenvalue weighted by Crippen LogP contribution is 2.15. The van der Waals surface area contributed by atoms with Crippen molar-refractivity contribution >= 4 is 15.9 Å². The Morgan fingerprint density at radius 2 is 2.47 bits per heavy atom. The van der Waals surface area contributed by atoms with Gasteiger partial charge >= 0.3 is 0 Å². The Morgan fingerprint density at radius 3 is 3.20 bits per heavy atom. The summed E-state index contributed by atoms with van der Waals surface area (Å²) in [4.78, 5) is 4.23. The first-order valence-electron chi connectivity index (χ1n) is 5.30. The average Bonchev–Trinajstić information content (AvgIpc) is 2.28. The lowest BCUT2D eigenvalue weighted by Crippen LogP contribution is -2.33. The highest BCUT2D eigenvalue weighted by molar-refractivity contribution is 9.10. The fourth-order valence-corrected chi connectivity index (χ4v) is 2.07. The van der Waals surface area contributed by atoms with Crippen LogP contribution in [0, 0.1) is 5.92 Å². The third-order valence-corrected chi connectivity index (χ3v) is 3.00. The van der Waals surface area contributed by atoms with Gasteiger partial charge in [0.2, 0.25) is 5.88 Å². The summed E-state index contributed by atoms with van der Waals surface area (Å²) in [5.41, 5.74) is 0. The molecule has 0 bridgehead atoms. The van der Waals surface area contributed by atoms with Crippen LogP contribution in [-0.2, 0) is 0 Å². The SMILES string of the molecule is Brc1cccc(OC[C@@H]2CCCNC2)n1. The summed E-state index contributed by atoms with van der Waals surface area (Å²) in [6.45, 7) is 2.97. The zero-order chi connectivity index (χ0) is 10.5. The van der Waals surface area contributed by atoms with Gasteiger partial charge < -0.3 is 10.1 Å². The number of rotatable bonds is 3. The van der Waals surface area contributed by atoms with E-state index in [1.807, 2.05) is 18.2 Å². The van der Waals surface area contributed by atoms with Crippen molar-refractivity contribution in [1.82, 2.24) is 10.3 Å². The Morgan fingerprint density at radius 1 is 1.53 bits per heavy atom. The summed E-state index contributed by atoms with van der Waals surface area (Å²) in [5, 5.41) is 3.37. The number of pyridine rings is 1. The summed E-state index contributed by atoms with van der Waals surface area (Å²) in [6.07, 6.45) is 2.50. The maximum Gasteiger partial charge on any atom is 0.214 e. The van der Waals surface area contributed by atoms with Crippen molar-refractivity contribution in [2.45, 2.75) is 12.8 Å². The van der Waals surface area contributed by atoms with Crippen LogP contribution in [0.5, 0.6) is 5.88 Å². The molecular weight excluding hydrogens is 256 g/mol. The summed E-state index contributed by atoms with van der Waals surface area (Å²) in [5.74, 6) is 1.33. The molecule has 0 aromatic carbocycles. The Kier molecular flexibility index (Phi) is 3.97. The number of nitrogens with zero attached hydrogens (tertiary/aromatic N) is 1. The molecule has 0 radical (unpaired) electrons. The van der Waals surface area contributed by atoms with E-state index in [1.165, 1.54) is 12.8 Å². The van der Waals surface area contributed by atoms with Crippen LogP contribution < -0.4 is 10.1 Å². The van der Waals surface area contributed by atoms with E-state index in [2.05, 4.69) is 26.2 Å². The molecule has 1 N–H and O–H groups in total. The molecule has 0 amide bonds. The average molecular weight is 271 g/mol. The first-order valence-corrected chi connectivity index (χ1v) is 6.10. The molecule has 0 saturated carbocycles. The molecule has 1 atom stereocenters. The Hall–Kier alpha value is -0.610. The largest absolute Gasteiger partial charge is 0.477 e. The quantitative estimate of drug-likeness (QED) is 0.856. The van der Waals surface area contributed by atoms with Gasteiger partial charge in [-0.2, -0.15) is 0 Å². The lowest BCUT2D eigenvalue weighted by molar-refractivity contribution is 0.212. The van der Waals surface area contributed by atoms with Crippen LogP contribution in [0.2, 0.25) is 0 Å². The van der Waals surface area contributed by atoms with Gasteiger partial charge in [0.15, 0.2) is 0 Å². The Balaban J connectivity index is 1.81. The van der Waals surface area contributed by atoms with Crippen molar-refractivity contribution in [2.75, 3.05) is 19.7 Å². The molecule has 1 fully saturated rings. The van der Waals surface area contributed by atoms with Crippen LogP contribution in [0.15, 0.2) is 22.8 Å². The number of hydrogen-bond acceptors (Lipinski definition) is 3. The van der Waals surface area contributed by atoms with Crippen LogP contribution in [0.4, 0.5) is 0 Å². The highest BCUT2D eigenvalue weighted by atomic mass is 79.9. The van der Waals surface area contributed by atoms with Gasteiger partial charge in [0.05, 0.1) is 6.61 Å². The number of ether oxygens (including phenoxy) is 1. The van der Waals surface area contributed by atoms with Crippen molar-refractivity contribution in [3.05, 3.63) is 22.8 Å². The summed E-state index contributed by atoms with van der Waals surface area (Å²) < 4.78 is 6.47. The fraction of sp³-hybridized carbons (Fsp3) is 0.545. The van der Waals surface area contributed by atoms with Gasteiger partial charge in [0.1, 0.15) is 4.60 Å². The monoisotopic (exact) mass is 270 g/mol. The van der Waals surface area contributed by atoms with Gasteiger partial charge in [-0.25, -0.2) is 4.98 Å². The minimum absolute atomic E-state index is 0.625. The molecular formula is C11H15BrN2O. The van der Waals surface area contributed by atoms with Crippen LogP contribution in [0.25, 0.3) is 0 Å². The number of hydrogen-bond donors (Lipinski definition) is 1. The van der Waals surface area contributed by atoms with Gasteiger partial charge in [0, 0.05) is 18.5 Å². The molecule has 3 nitrogen and oxygen atoms in total. The van der Waals surface area contributed by atoms with Gasteiger partial charge in [0.25, 0.3) is 0 Å². The topological polar surface area (TPSA) is 34.1 Å². The second-order valence-corrected chi connectivity index (χ2v) is 4.63. The molecule has 1 aliphatic rings. The minimum Gasteiger partial charge on any atom is -0.477 e. The molecule has 2 heterocycles. The van der Waals surface area contributed by atoms with Crippen molar-refractivity contribution < 1.29 is 4.74 Å². The zero-order valence-electron chi connectivity index (χ0n) is 8.58. The fourth-order valence-electron chi connectivity index (χ4n) is 1.74. The smallest absolute Gasteiger partial charge is 0.214 e. The molecule has 1 saturated heterocycles. The molecule has 0 spiro atoms. The molecule has 0 unspecified atom stereocenters. The number of nitrogens with one attached hydrogen (secondary N) is 1. The normalized spacial score (nSPS) is 21.3. The summed E-state index contributed by atoms with van der Waals surface area (Å²) in [7, 11) is 0. The first kappa shape index (κ1) is 10.9. The van der Waals surface area contributed by atoms with E-state index in [0.29, 0.717) is 11.8 Å². The van der Waals surface area contributed by atoms with E-state index in [9.17, 15) is 0 Å². The molecule has 1 aromatic heterocycles. The van der Waals surface area contributed by atoms with Gasteiger partial charge in [-0.15, -0.1) is 0 Å². The third kappa shape index (κ3) is 3.47. The predicted molar refractivity (Wildman–Crippen MR) is 63.0 cm³/mol. The molecule has 1 aromatic rings. The maximum absolute atomic E-state index is 5.65. The number of halogens is 1.